The number of nitrogens with one attached hydrogen (secondary N) is 1. The summed E-state index contributed by atoms with van der Waals surface area (Å²) in [5.41, 5.74) is 8.68. The van der Waals surface area contributed by atoms with Crippen LogP contribution in [0, 0.1) is 0 Å². The van der Waals surface area contributed by atoms with Crippen LogP contribution in [0.1, 0.15) is 10.4 Å². The molecule has 0 bridgehead atoms. The molecule has 0 aliphatic heterocycles. The number of halogens is 1. The molecule has 6 heteroatoms. The van der Waals surface area contributed by atoms with Crippen LogP contribution in [0.25, 0.3) is 11.0 Å². The van der Waals surface area contributed by atoms with E-state index in [1.54, 1.807) is 42.7 Å². The van der Waals surface area contributed by atoms with Gasteiger partial charge in [0.1, 0.15) is 5.52 Å². The molecule has 1 heterocycles. The van der Waals surface area contributed by atoms with E-state index in [0.29, 0.717) is 28.0 Å². The van der Waals surface area contributed by atoms with Gasteiger partial charge in [-0.15, -0.1) is 0 Å². The number of anilines is 2. The molecule has 3 rings (SSSR count). The third-order valence-corrected chi connectivity index (χ3v) is 3.64. The zero-order chi connectivity index (χ0) is 14.8. The Labute approximate surface area is 129 Å². The maximum absolute atomic E-state index is 12.4. The van der Waals surface area contributed by atoms with Crippen LogP contribution in [0.3, 0.4) is 0 Å². The molecule has 3 N–H and O–H groups in total. The van der Waals surface area contributed by atoms with Crippen molar-refractivity contribution in [3.8, 4) is 0 Å². The molecule has 21 heavy (non-hydrogen) atoms. The van der Waals surface area contributed by atoms with Gasteiger partial charge in [-0.2, -0.15) is 0 Å². The van der Waals surface area contributed by atoms with Crippen molar-refractivity contribution in [2.75, 3.05) is 11.1 Å². The number of amides is 1. The summed E-state index contributed by atoms with van der Waals surface area (Å²) in [7, 11) is 0. The number of nitrogens with zero attached hydrogens (tertiary/aromatic N) is 2. The molecule has 0 unspecified atom stereocenters. The molecule has 0 atom stereocenters. The van der Waals surface area contributed by atoms with E-state index in [2.05, 4.69) is 31.2 Å². The van der Waals surface area contributed by atoms with Gasteiger partial charge in [0.15, 0.2) is 0 Å². The molecule has 0 saturated carbocycles. The maximum atomic E-state index is 12.4. The number of fused-ring (bicyclic) bond motifs is 1. The van der Waals surface area contributed by atoms with Gasteiger partial charge >= 0.3 is 0 Å². The predicted molar refractivity (Wildman–Crippen MR) is 86.0 cm³/mol. The standard InChI is InChI=1S/C15H11BrN4O/c16-11-8-9(17)4-5-12(11)20-15(21)10-2-1-3-13-14(10)19-7-6-18-13/h1-8H,17H2,(H,20,21). The number of aromatic nitrogens is 2. The highest BCUT2D eigenvalue weighted by atomic mass is 79.9. The second-order valence-corrected chi connectivity index (χ2v) is 5.28. The second kappa shape index (κ2) is 5.49. The summed E-state index contributed by atoms with van der Waals surface area (Å²) in [6.45, 7) is 0. The first kappa shape index (κ1) is 13.5. The molecule has 0 saturated heterocycles. The number of nitrogens with two attached hydrogens (primary N) is 1. The Balaban J connectivity index is 1.97. The van der Waals surface area contributed by atoms with Crippen molar-refractivity contribution in [3.63, 3.8) is 0 Å². The Morgan fingerprint density at radius 2 is 1.95 bits per heavy atom. The largest absolute Gasteiger partial charge is 0.399 e. The fourth-order valence-electron chi connectivity index (χ4n) is 2.00. The molecule has 0 fully saturated rings. The lowest BCUT2D eigenvalue weighted by atomic mass is 10.1. The predicted octanol–water partition coefficient (Wildman–Crippen LogP) is 3.23. The molecule has 0 spiro atoms. The van der Waals surface area contributed by atoms with E-state index in [0.717, 1.165) is 4.47 Å². The minimum absolute atomic E-state index is 0.244. The molecule has 1 amide bonds. The first-order chi connectivity index (χ1) is 10.1. The zero-order valence-electron chi connectivity index (χ0n) is 10.9. The molecule has 0 radical (unpaired) electrons. The van der Waals surface area contributed by atoms with Crippen LogP contribution in [0.5, 0.6) is 0 Å². The summed E-state index contributed by atoms with van der Waals surface area (Å²) in [4.78, 5) is 20.9. The number of hydrogen-bond donors (Lipinski definition) is 2. The van der Waals surface area contributed by atoms with Gasteiger partial charge in [-0.3, -0.25) is 14.8 Å². The minimum Gasteiger partial charge on any atom is -0.399 e. The quantitative estimate of drug-likeness (QED) is 0.700. The number of hydrogen-bond acceptors (Lipinski definition) is 4. The van der Waals surface area contributed by atoms with E-state index in [4.69, 9.17) is 5.73 Å². The lowest BCUT2D eigenvalue weighted by Gasteiger charge is -2.09. The average molecular weight is 343 g/mol. The van der Waals surface area contributed by atoms with Gasteiger partial charge in [0, 0.05) is 22.6 Å². The molecule has 2 aromatic carbocycles. The van der Waals surface area contributed by atoms with Gasteiger partial charge in [-0.1, -0.05) is 6.07 Å². The van der Waals surface area contributed by atoms with Gasteiger partial charge in [0.2, 0.25) is 0 Å². The van der Waals surface area contributed by atoms with Crippen molar-refractivity contribution >= 4 is 44.2 Å². The van der Waals surface area contributed by atoms with Crippen LogP contribution in [-0.4, -0.2) is 15.9 Å². The number of nitrogen functional groups attached to an aromatic ring is 1. The topological polar surface area (TPSA) is 80.9 Å². The van der Waals surface area contributed by atoms with Crippen molar-refractivity contribution in [1.82, 2.24) is 9.97 Å². The molecular weight excluding hydrogens is 332 g/mol. The monoisotopic (exact) mass is 342 g/mol. The number of para-hydroxylation sites is 1. The first-order valence-electron chi connectivity index (χ1n) is 6.21. The van der Waals surface area contributed by atoms with E-state index < -0.39 is 0 Å². The van der Waals surface area contributed by atoms with Crippen LogP contribution in [0.4, 0.5) is 11.4 Å². The lowest BCUT2D eigenvalue weighted by molar-refractivity contribution is 0.102. The molecular formula is C15H11BrN4O. The van der Waals surface area contributed by atoms with E-state index >= 15 is 0 Å². The Kier molecular flexibility index (Phi) is 3.53. The van der Waals surface area contributed by atoms with Crippen LogP contribution in [0.2, 0.25) is 0 Å². The third kappa shape index (κ3) is 2.71. The van der Waals surface area contributed by atoms with Crippen molar-refractivity contribution in [1.29, 1.82) is 0 Å². The Bertz CT molecular complexity index is 830. The average Bonchev–Trinajstić information content (AvgIpc) is 2.49. The third-order valence-electron chi connectivity index (χ3n) is 2.98. The maximum Gasteiger partial charge on any atom is 0.257 e. The number of rotatable bonds is 2. The fourth-order valence-corrected chi connectivity index (χ4v) is 2.49. The normalized spacial score (nSPS) is 10.5. The van der Waals surface area contributed by atoms with Crippen LogP contribution >= 0.6 is 15.9 Å². The van der Waals surface area contributed by atoms with E-state index in [1.165, 1.54) is 0 Å². The van der Waals surface area contributed by atoms with Crippen molar-refractivity contribution in [3.05, 3.63) is 58.8 Å². The SMILES string of the molecule is Nc1ccc(NC(=O)c2cccc3nccnc23)c(Br)c1. The second-order valence-electron chi connectivity index (χ2n) is 4.42. The molecule has 5 nitrogen and oxygen atoms in total. The van der Waals surface area contributed by atoms with Gasteiger partial charge in [0.05, 0.1) is 16.8 Å². The lowest BCUT2D eigenvalue weighted by Crippen LogP contribution is -2.13. The molecule has 0 aliphatic carbocycles. The highest BCUT2D eigenvalue weighted by Gasteiger charge is 2.13. The van der Waals surface area contributed by atoms with E-state index in [-0.39, 0.29) is 5.91 Å². The number of benzene rings is 2. The van der Waals surface area contributed by atoms with Gasteiger partial charge < -0.3 is 11.1 Å². The highest BCUT2D eigenvalue weighted by Crippen LogP contribution is 2.25. The van der Waals surface area contributed by atoms with Crippen molar-refractivity contribution < 1.29 is 4.79 Å². The summed E-state index contributed by atoms with van der Waals surface area (Å²) in [6, 6.07) is 10.5. The minimum atomic E-state index is -0.244. The molecule has 3 aromatic rings. The highest BCUT2D eigenvalue weighted by molar-refractivity contribution is 9.10. The fraction of sp³-hybridized carbons (Fsp3) is 0. The molecule has 104 valence electrons. The Hall–Kier alpha value is -2.47. The van der Waals surface area contributed by atoms with Gasteiger partial charge in [-0.25, -0.2) is 0 Å². The summed E-state index contributed by atoms with van der Waals surface area (Å²) < 4.78 is 0.724. The van der Waals surface area contributed by atoms with E-state index in [1.807, 2.05) is 6.07 Å². The van der Waals surface area contributed by atoms with Crippen LogP contribution in [-0.2, 0) is 0 Å². The Morgan fingerprint density at radius 3 is 2.76 bits per heavy atom. The molecule has 0 aliphatic rings. The van der Waals surface area contributed by atoms with Crippen molar-refractivity contribution in [2.24, 2.45) is 0 Å². The smallest absolute Gasteiger partial charge is 0.257 e. The van der Waals surface area contributed by atoms with Crippen LogP contribution < -0.4 is 11.1 Å². The van der Waals surface area contributed by atoms with Crippen molar-refractivity contribution in [2.45, 2.75) is 0 Å². The summed E-state index contributed by atoms with van der Waals surface area (Å²) in [6.07, 6.45) is 3.17. The summed E-state index contributed by atoms with van der Waals surface area (Å²) in [5, 5.41) is 2.84. The summed E-state index contributed by atoms with van der Waals surface area (Å²) >= 11 is 3.38. The molecule has 1 aromatic heterocycles. The van der Waals surface area contributed by atoms with Gasteiger partial charge in [-0.05, 0) is 46.3 Å². The zero-order valence-corrected chi connectivity index (χ0v) is 12.5. The summed E-state index contributed by atoms with van der Waals surface area (Å²) in [5.74, 6) is -0.244. The number of carbonyl (C=O) groups excluding carboxylic acids is 1. The van der Waals surface area contributed by atoms with E-state index in [9.17, 15) is 4.79 Å². The first-order valence-corrected chi connectivity index (χ1v) is 7.00. The van der Waals surface area contributed by atoms with Gasteiger partial charge in [0.25, 0.3) is 5.91 Å². The number of carbonyl (C=O) groups is 1. The Morgan fingerprint density at radius 1 is 1.14 bits per heavy atom. The van der Waals surface area contributed by atoms with Crippen LogP contribution in [0.15, 0.2) is 53.3 Å².